The average molecular weight is 332 g/mol. The molecule has 0 aliphatic rings. The highest BCUT2D eigenvalue weighted by Gasteiger charge is 2.38. The number of hydrogen-bond acceptors (Lipinski definition) is 3. The molecule has 0 fully saturated rings. The first kappa shape index (κ1) is 15.4. The van der Waals surface area contributed by atoms with E-state index in [1.807, 2.05) is 0 Å². The first-order valence-electron chi connectivity index (χ1n) is 3.07. The molecule has 0 saturated heterocycles. The van der Waals surface area contributed by atoms with Gasteiger partial charge in [-0.25, -0.2) is 4.79 Å². The van der Waals surface area contributed by atoms with Crippen LogP contribution in [0.3, 0.4) is 0 Å². The maximum absolute atomic E-state index is 11.2. The van der Waals surface area contributed by atoms with Gasteiger partial charge in [-0.2, -0.15) is 5.26 Å². The predicted molar refractivity (Wildman–Crippen MR) is 60.4 cm³/mol. The fourth-order valence-corrected chi connectivity index (χ4v) is 0.852. The Bertz CT molecular complexity index is 327. The zero-order chi connectivity index (χ0) is 12.2. The number of nitrogens with zero attached hydrogens (tertiary/aromatic N) is 1. The van der Waals surface area contributed by atoms with Crippen molar-refractivity contribution >= 4 is 75.6 Å². The Hall–Kier alpha value is 0.440. The molecule has 0 amide bonds. The van der Waals surface area contributed by atoms with Crippen molar-refractivity contribution in [1.82, 2.24) is 0 Å². The first-order valence-corrected chi connectivity index (χ1v) is 5.45. The first-order chi connectivity index (χ1) is 6.72. The van der Waals surface area contributed by atoms with Crippen LogP contribution in [-0.2, 0) is 9.53 Å². The summed E-state index contributed by atoms with van der Waals surface area (Å²) < 4.78 is 1.63. The van der Waals surface area contributed by atoms with Crippen LogP contribution in [-0.4, -0.2) is 15.3 Å². The quantitative estimate of drug-likeness (QED) is 0.343. The van der Waals surface area contributed by atoms with Crippen LogP contribution in [0.4, 0.5) is 0 Å². The van der Waals surface area contributed by atoms with E-state index in [-0.39, 0.29) is 0 Å². The molecule has 3 nitrogen and oxygen atoms in total. The Kier molecular flexibility index (Phi) is 6.43. The third-order valence-corrected chi connectivity index (χ3v) is 3.02. The zero-order valence-corrected chi connectivity index (χ0v) is 11.1. The van der Waals surface area contributed by atoms with Gasteiger partial charge in [0, 0.05) is 0 Å². The van der Waals surface area contributed by atoms with Gasteiger partial charge in [0.1, 0.15) is 10.6 Å². The highest BCUT2D eigenvalue weighted by atomic mass is 35.5. The number of carbonyl (C=O) groups is 1. The van der Waals surface area contributed by atoms with Crippen LogP contribution in [0.2, 0.25) is 0 Å². The van der Waals surface area contributed by atoms with Crippen molar-refractivity contribution in [1.29, 1.82) is 5.26 Å². The second kappa shape index (κ2) is 6.24. The summed E-state index contributed by atoms with van der Waals surface area (Å²) in [6, 6.07) is 1.40. The lowest BCUT2D eigenvalue weighted by atomic mass is 10.3. The molecule has 0 saturated carbocycles. The van der Waals surface area contributed by atoms with Gasteiger partial charge in [0.25, 0.3) is 4.52 Å². The summed E-state index contributed by atoms with van der Waals surface area (Å²) in [6.07, 6.45) is 0. The molecule has 0 aromatic carbocycles. The maximum Gasteiger partial charge on any atom is 0.354 e. The third-order valence-electron chi connectivity index (χ3n) is 0.988. The van der Waals surface area contributed by atoms with Gasteiger partial charge in [-0.05, 0) is 0 Å². The molecule has 0 N–H and O–H groups in total. The molecule has 0 atom stereocenters. The summed E-state index contributed by atoms with van der Waals surface area (Å²) in [6.45, 7) is 0. The minimum absolute atomic E-state index is 0.577. The highest BCUT2D eigenvalue weighted by Crippen LogP contribution is 2.34. The smallest absolute Gasteiger partial charge is 0.354 e. The van der Waals surface area contributed by atoms with Crippen LogP contribution in [0.5, 0.6) is 0 Å². The van der Waals surface area contributed by atoms with Crippen LogP contribution in [0.1, 0.15) is 0 Å². The Morgan fingerprint density at radius 3 is 2.07 bits per heavy atom. The van der Waals surface area contributed by atoms with Crippen molar-refractivity contribution in [2.24, 2.45) is 0 Å². The van der Waals surface area contributed by atoms with E-state index >= 15 is 0 Å². The number of halogens is 6. The van der Waals surface area contributed by atoms with Gasteiger partial charge < -0.3 is 4.74 Å². The van der Waals surface area contributed by atoms with Crippen molar-refractivity contribution in [3.8, 4) is 6.07 Å². The van der Waals surface area contributed by atoms with Crippen LogP contribution >= 0.6 is 69.6 Å². The fourth-order valence-electron chi connectivity index (χ4n) is 0.384. The molecule has 0 radical (unpaired) electrons. The van der Waals surface area contributed by atoms with Crippen LogP contribution in [0.15, 0.2) is 10.1 Å². The monoisotopic (exact) mass is 329 g/mol. The summed E-state index contributed by atoms with van der Waals surface area (Å²) >= 11 is 31.9. The second-order valence-corrected chi connectivity index (χ2v) is 5.36. The lowest BCUT2D eigenvalue weighted by molar-refractivity contribution is -0.141. The Morgan fingerprint density at radius 2 is 1.80 bits per heavy atom. The molecule has 0 bridgehead atoms. The standard InChI is InChI=1S/C6HCl6NO2/c7-3(8)2(1-13)4(14)15-6(11,12)5(9)10/h5H. The number of rotatable bonds is 3. The van der Waals surface area contributed by atoms with Gasteiger partial charge in [0.2, 0.25) is 0 Å². The summed E-state index contributed by atoms with van der Waals surface area (Å²) in [7, 11) is 0. The van der Waals surface area contributed by atoms with E-state index in [4.69, 9.17) is 74.9 Å². The van der Waals surface area contributed by atoms with E-state index in [1.54, 1.807) is 0 Å². The van der Waals surface area contributed by atoms with Gasteiger partial charge in [-0.1, -0.05) is 69.6 Å². The van der Waals surface area contributed by atoms with E-state index < -0.39 is 25.4 Å². The molecular formula is C6HCl6NO2. The maximum atomic E-state index is 11.2. The number of nitriles is 1. The molecule has 84 valence electrons. The minimum atomic E-state index is -2.19. The molecule has 0 aromatic rings. The molecule has 0 aliphatic carbocycles. The van der Waals surface area contributed by atoms with Crippen molar-refractivity contribution in [2.75, 3.05) is 0 Å². The lowest BCUT2D eigenvalue weighted by Crippen LogP contribution is -2.29. The van der Waals surface area contributed by atoms with Gasteiger partial charge in [-0.3, -0.25) is 0 Å². The van der Waals surface area contributed by atoms with E-state index in [0.29, 0.717) is 0 Å². The molecule has 15 heavy (non-hydrogen) atoms. The fraction of sp³-hybridized carbons (Fsp3) is 0.333. The van der Waals surface area contributed by atoms with E-state index in [2.05, 4.69) is 4.74 Å². The molecule has 0 aliphatic heterocycles. The molecular weight excluding hydrogens is 331 g/mol. The molecule has 0 aromatic heterocycles. The number of ether oxygens (including phenoxy) is 1. The van der Waals surface area contributed by atoms with E-state index in [1.165, 1.54) is 6.07 Å². The number of carbonyl (C=O) groups excluding carboxylic acids is 1. The van der Waals surface area contributed by atoms with Crippen LogP contribution < -0.4 is 0 Å². The van der Waals surface area contributed by atoms with Gasteiger partial charge in [-0.15, -0.1) is 0 Å². The van der Waals surface area contributed by atoms with Crippen LogP contribution in [0.25, 0.3) is 0 Å². The molecule has 0 heterocycles. The lowest BCUT2D eigenvalue weighted by Gasteiger charge is -2.20. The van der Waals surface area contributed by atoms with Crippen molar-refractivity contribution in [3.05, 3.63) is 10.1 Å². The topological polar surface area (TPSA) is 50.1 Å². The normalized spacial score (nSPS) is 10.8. The highest BCUT2D eigenvalue weighted by molar-refractivity contribution is 6.59. The van der Waals surface area contributed by atoms with E-state index in [9.17, 15) is 4.79 Å². The molecule has 0 unspecified atom stereocenters. The van der Waals surface area contributed by atoms with Crippen molar-refractivity contribution in [3.63, 3.8) is 0 Å². The Balaban J connectivity index is 4.81. The summed E-state index contributed by atoms with van der Waals surface area (Å²) in [5, 5.41) is 8.47. The van der Waals surface area contributed by atoms with E-state index in [0.717, 1.165) is 0 Å². The molecule has 0 spiro atoms. The van der Waals surface area contributed by atoms with Crippen molar-refractivity contribution < 1.29 is 9.53 Å². The second-order valence-electron chi connectivity index (χ2n) is 2.00. The predicted octanol–water partition coefficient (Wildman–Crippen LogP) is 3.68. The van der Waals surface area contributed by atoms with Gasteiger partial charge >= 0.3 is 5.97 Å². The average Bonchev–Trinajstić information content (AvgIpc) is 2.02. The van der Waals surface area contributed by atoms with Crippen LogP contribution in [0, 0.1) is 11.3 Å². The van der Waals surface area contributed by atoms with Gasteiger partial charge in [0.05, 0.1) is 0 Å². The molecule has 0 rings (SSSR count). The van der Waals surface area contributed by atoms with Gasteiger partial charge in [0.15, 0.2) is 10.4 Å². The largest absolute Gasteiger partial charge is 0.421 e. The zero-order valence-electron chi connectivity index (χ0n) is 6.61. The number of esters is 1. The summed E-state index contributed by atoms with van der Waals surface area (Å²) in [4.78, 5) is 9.77. The Morgan fingerprint density at radius 1 is 1.33 bits per heavy atom. The van der Waals surface area contributed by atoms with Crippen molar-refractivity contribution in [2.45, 2.75) is 9.36 Å². The third kappa shape index (κ3) is 4.86. The number of hydrogen-bond donors (Lipinski definition) is 0. The number of alkyl halides is 4. The Labute approximate surface area is 115 Å². The summed E-state index contributed by atoms with van der Waals surface area (Å²) in [5.74, 6) is -1.23. The SMILES string of the molecule is N#CC(C(=O)OC(Cl)(Cl)C(Cl)Cl)=C(Cl)Cl. The minimum Gasteiger partial charge on any atom is -0.421 e. The molecule has 9 heteroatoms. The summed E-state index contributed by atoms with van der Waals surface area (Å²) in [5.41, 5.74) is -0.655.